The SMILES string of the molecule is FC1(F)CN(c2ccnc(N3CCc4c([nH]c5ccc(Cl)cc45)[C@@H]3c3cnc(N4CCOCC4)nc3)n2)C1. The standard InChI is InChI=1S/C26H25ClF2N8O/c27-17-1-2-20-19(11-17)18-4-6-37(25-30-5-3-21(34-25)36-14-26(28,29)15-36)23(22(18)33-20)16-12-31-24(32-13-16)35-7-9-38-10-8-35/h1-3,5,11-13,23,33H,4,6-10,14-15H2/t23-/m0/s1. The fourth-order valence-corrected chi connectivity index (χ4v) is 5.72. The first-order valence-electron chi connectivity index (χ1n) is 12.6. The number of alkyl halides is 2. The molecular weight excluding hydrogens is 514 g/mol. The highest BCUT2D eigenvalue weighted by atomic mass is 35.5. The first-order chi connectivity index (χ1) is 18.4. The van der Waals surface area contributed by atoms with Gasteiger partial charge >= 0.3 is 0 Å². The van der Waals surface area contributed by atoms with Crippen molar-refractivity contribution in [1.29, 1.82) is 0 Å². The number of benzene rings is 1. The Hall–Kier alpha value is -3.57. The van der Waals surface area contributed by atoms with Crippen LogP contribution in [0.3, 0.4) is 0 Å². The Bertz CT molecular complexity index is 1480. The molecule has 3 aliphatic rings. The van der Waals surface area contributed by atoms with Crippen molar-refractivity contribution in [2.75, 3.05) is 60.6 Å². The third kappa shape index (κ3) is 4.10. The van der Waals surface area contributed by atoms with E-state index < -0.39 is 5.92 Å². The Kier molecular flexibility index (Phi) is 5.59. The van der Waals surface area contributed by atoms with Gasteiger partial charge in [0.25, 0.3) is 5.92 Å². The second-order valence-corrected chi connectivity index (χ2v) is 10.3. The summed E-state index contributed by atoms with van der Waals surface area (Å²) >= 11 is 6.34. The molecule has 1 atom stereocenters. The third-order valence-electron chi connectivity index (χ3n) is 7.41. The van der Waals surface area contributed by atoms with Crippen LogP contribution in [0.4, 0.5) is 26.5 Å². The van der Waals surface area contributed by atoms with Gasteiger partial charge in [-0.3, -0.25) is 0 Å². The van der Waals surface area contributed by atoms with Crippen molar-refractivity contribution in [3.05, 3.63) is 64.7 Å². The van der Waals surface area contributed by atoms with Crippen LogP contribution in [-0.4, -0.2) is 76.8 Å². The van der Waals surface area contributed by atoms with E-state index in [1.165, 1.54) is 5.56 Å². The Labute approximate surface area is 222 Å². The van der Waals surface area contributed by atoms with Gasteiger partial charge in [-0.25, -0.2) is 23.7 Å². The quantitative estimate of drug-likeness (QED) is 0.419. The highest BCUT2D eigenvalue weighted by Gasteiger charge is 2.45. The largest absolute Gasteiger partial charge is 0.378 e. The molecule has 2 fully saturated rings. The zero-order chi connectivity index (χ0) is 25.9. The number of aromatic amines is 1. The van der Waals surface area contributed by atoms with E-state index in [1.54, 1.807) is 17.2 Å². The van der Waals surface area contributed by atoms with Crippen LogP contribution in [0.25, 0.3) is 10.9 Å². The average Bonchev–Trinajstić information content (AvgIpc) is 3.29. The lowest BCUT2D eigenvalue weighted by Crippen LogP contribution is -2.56. The topological polar surface area (TPSA) is 86.3 Å². The zero-order valence-corrected chi connectivity index (χ0v) is 21.2. The molecule has 12 heteroatoms. The van der Waals surface area contributed by atoms with Crippen LogP contribution in [0, 0.1) is 0 Å². The molecule has 3 aliphatic heterocycles. The van der Waals surface area contributed by atoms with Crippen LogP contribution >= 0.6 is 11.6 Å². The highest BCUT2D eigenvalue weighted by molar-refractivity contribution is 6.31. The van der Waals surface area contributed by atoms with E-state index in [0.29, 0.717) is 42.5 Å². The molecule has 0 spiro atoms. The van der Waals surface area contributed by atoms with Crippen LogP contribution in [0.2, 0.25) is 5.02 Å². The number of aromatic nitrogens is 5. The molecule has 3 aromatic heterocycles. The van der Waals surface area contributed by atoms with Crippen LogP contribution in [0.5, 0.6) is 0 Å². The maximum Gasteiger partial charge on any atom is 0.282 e. The van der Waals surface area contributed by atoms with Gasteiger partial charge in [0.2, 0.25) is 11.9 Å². The summed E-state index contributed by atoms with van der Waals surface area (Å²) in [7, 11) is 0. The van der Waals surface area contributed by atoms with Crippen molar-refractivity contribution in [1.82, 2.24) is 24.9 Å². The predicted octanol–water partition coefficient (Wildman–Crippen LogP) is 3.85. The van der Waals surface area contributed by atoms with Crippen molar-refractivity contribution in [3.8, 4) is 0 Å². The van der Waals surface area contributed by atoms with Gasteiger partial charge in [0, 0.05) is 65.4 Å². The van der Waals surface area contributed by atoms with Gasteiger partial charge in [-0.1, -0.05) is 11.6 Å². The Morgan fingerprint density at radius 3 is 2.53 bits per heavy atom. The van der Waals surface area contributed by atoms with E-state index in [1.807, 2.05) is 30.6 Å². The molecule has 1 aromatic carbocycles. The van der Waals surface area contributed by atoms with E-state index in [9.17, 15) is 8.78 Å². The van der Waals surface area contributed by atoms with Gasteiger partial charge in [-0.15, -0.1) is 0 Å². The summed E-state index contributed by atoms with van der Waals surface area (Å²) in [5.41, 5.74) is 4.06. The average molecular weight is 539 g/mol. The number of fused-ring (bicyclic) bond motifs is 3. The van der Waals surface area contributed by atoms with Gasteiger partial charge in [0.1, 0.15) is 11.9 Å². The van der Waals surface area contributed by atoms with Gasteiger partial charge in [-0.2, -0.15) is 4.98 Å². The minimum atomic E-state index is -2.68. The number of nitrogens with one attached hydrogen (secondary N) is 1. The monoisotopic (exact) mass is 538 g/mol. The lowest BCUT2D eigenvalue weighted by atomic mass is 9.94. The minimum absolute atomic E-state index is 0.295. The number of ether oxygens (including phenoxy) is 1. The molecule has 1 N–H and O–H groups in total. The molecule has 0 saturated carbocycles. The third-order valence-corrected chi connectivity index (χ3v) is 7.65. The Morgan fingerprint density at radius 1 is 0.974 bits per heavy atom. The van der Waals surface area contributed by atoms with Gasteiger partial charge in [-0.05, 0) is 36.2 Å². The number of halogens is 3. The summed E-state index contributed by atoms with van der Waals surface area (Å²) in [6.45, 7) is 2.75. The molecule has 196 valence electrons. The second-order valence-electron chi connectivity index (χ2n) is 9.90. The van der Waals surface area contributed by atoms with Crippen LogP contribution < -0.4 is 14.7 Å². The summed E-state index contributed by atoms with van der Waals surface area (Å²) < 4.78 is 32.5. The van der Waals surface area contributed by atoms with E-state index >= 15 is 0 Å². The molecule has 0 amide bonds. The number of hydrogen-bond donors (Lipinski definition) is 1. The minimum Gasteiger partial charge on any atom is -0.378 e. The smallest absolute Gasteiger partial charge is 0.282 e. The summed E-state index contributed by atoms with van der Waals surface area (Å²) in [5.74, 6) is -1.05. The number of morpholine rings is 1. The normalized spacial score (nSPS) is 20.9. The molecule has 6 heterocycles. The van der Waals surface area contributed by atoms with Crippen molar-refractivity contribution < 1.29 is 13.5 Å². The fourth-order valence-electron chi connectivity index (χ4n) is 5.55. The fraction of sp³-hybridized carbons (Fsp3) is 0.385. The summed E-state index contributed by atoms with van der Waals surface area (Å²) in [6, 6.07) is 7.22. The van der Waals surface area contributed by atoms with Gasteiger partial charge in [0.05, 0.1) is 26.3 Å². The van der Waals surface area contributed by atoms with Gasteiger partial charge < -0.3 is 24.4 Å². The molecule has 38 heavy (non-hydrogen) atoms. The molecule has 0 unspecified atom stereocenters. The van der Waals surface area contributed by atoms with E-state index in [0.717, 1.165) is 41.7 Å². The predicted molar refractivity (Wildman–Crippen MR) is 140 cm³/mol. The van der Waals surface area contributed by atoms with E-state index in [2.05, 4.69) is 19.8 Å². The first-order valence-corrected chi connectivity index (χ1v) is 13.0. The van der Waals surface area contributed by atoms with E-state index in [4.69, 9.17) is 31.3 Å². The number of nitrogens with zero attached hydrogens (tertiary/aromatic N) is 7. The number of anilines is 3. The first kappa shape index (κ1) is 23.5. The van der Waals surface area contributed by atoms with Crippen molar-refractivity contribution >= 4 is 40.2 Å². The summed E-state index contributed by atoms with van der Waals surface area (Å²) in [6.07, 6.45) is 6.07. The van der Waals surface area contributed by atoms with Crippen LogP contribution in [-0.2, 0) is 11.2 Å². The summed E-state index contributed by atoms with van der Waals surface area (Å²) in [4.78, 5) is 28.0. The van der Waals surface area contributed by atoms with Crippen molar-refractivity contribution in [2.24, 2.45) is 0 Å². The number of H-pyrrole nitrogens is 1. The number of rotatable bonds is 4. The maximum atomic E-state index is 13.5. The van der Waals surface area contributed by atoms with Gasteiger partial charge in [0.15, 0.2) is 0 Å². The molecular formula is C26H25ClF2N8O. The molecule has 4 aromatic rings. The highest BCUT2D eigenvalue weighted by Crippen LogP contribution is 2.41. The molecule has 0 aliphatic carbocycles. The second kappa shape index (κ2) is 9.02. The Balaban J connectivity index is 1.29. The zero-order valence-electron chi connectivity index (χ0n) is 20.4. The van der Waals surface area contributed by atoms with E-state index in [-0.39, 0.29) is 19.1 Å². The lowest BCUT2D eigenvalue weighted by Gasteiger charge is -2.40. The lowest BCUT2D eigenvalue weighted by molar-refractivity contribution is -0.0267. The van der Waals surface area contributed by atoms with Crippen LogP contribution in [0.1, 0.15) is 22.9 Å². The van der Waals surface area contributed by atoms with Crippen LogP contribution in [0.15, 0.2) is 42.9 Å². The molecule has 7 rings (SSSR count). The molecule has 0 radical (unpaired) electrons. The number of hydrogen-bond acceptors (Lipinski definition) is 8. The summed E-state index contributed by atoms with van der Waals surface area (Å²) in [5, 5.41) is 1.76. The molecule has 9 nitrogen and oxygen atoms in total. The molecule has 0 bridgehead atoms. The van der Waals surface area contributed by atoms with Crippen molar-refractivity contribution in [3.63, 3.8) is 0 Å². The Morgan fingerprint density at radius 2 is 1.76 bits per heavy atom. The van der Waals surface area contributed by atoms with Crippen molar-refractivity contribution in [2.45, 2.75) is 18.4 Å². The molecule has 2 saturated heterocycles. The maximum absolute atomic E-state index is 13.5.